The molecule has 5 nitrogen and oxygen atoms in total. The van der Waals surface area contributed by atoms with E-state index < -0.39 is 0 Å². The highest BCUT2D eigenvalue weighted by Gasteiger charge is 2.29. The number of aromatic hydroxyl groups is 1. The number of aryl methyl sites for hydroxylation is 1. The lowest BCUT2D eigenvalue weighted by Crippen LogP contribution is -1.99. The molecule has 5 heteroatoms. The van der Waals surface area contributed by atoms with Gasteiger partial charge >= 0.3 is 0 Å². The smallest absolute Gasteiger partial charge is 0.232 e. The molecule has 118 valence electrons. The van der Waals surface area contributed by atoms with E-state index in [2.05, 4.69) is 0 Å². The maximum atomic E-state index is 12.5. The SMILES string of the molecule is COc1ccc(/C=C2\Oc3cc(O)cc(C)c3C2=O)cc1OC. The molecule has 1 N–H and O–H groups in total. The third kappa shape index (κ3) is 2.61. The van der Waals surface area contributed by atoms with Crippen molar-refractivity contribution in [2.24, 2.45) is 0 Å². The van der Waals surface area contributed by atoms with Crippen molar-refractivity contribution in [3.63, 3.8) is 0 Å². The van der Waals surface area contributed by atoms with Crippen LogP contribution >= 0.6 is 0 Å². The van der Waals surface area contributed by atoms with Gasteiger partial charge in [-0.1, -0.05) is 6.07 Å². The number of hydrogen-bond donors (Lipinski definition) is 1. The van der Waals surface area contributed by atoms with Crippen molar-refractivity contribution in [3.05, 3.63) is 52.8 Å². The quantitative estimate of drug-likeness (QED) is 0.881. The van der Waals surface area contributed by atoms with Crippen LogP contribution in [0.2, 0.25) is 0 Å². The van der Waals surface area contributed by atoms with Crippen LogP contribution in [0.1, 0.15) is 21.5 Å². The van der Waals surface area contributed by atoms with Gasteiger partial charge in [0.2, 0.25) is 5.78 Å². The van der Waals surface area contributed by atoms with Crippen molar-refractivity contribution in [3.8, 4) is 23.0 Å². The number of fused-ring (bicyclic) bond motifs is 1. The summed E-state index contributed by atoms with van der Waals surface area (Å²) in [5.74, 6) is 1.63. The number of ketones is 1. The van der Waals surface area contributed by atoms with Gasteiger partial charge in [0.15, 0.2) is 17.3 Å². The Morgan fingerprint density at radius 2 is 1.83 bits per heavy atom. The minimum absolute atomic E-state index is 0.0708. The van der Waals surface area contributed by atoms with E-state index in [-0.39, 0.29) is 17.3 Å². The Kier molecular flexibility index (Phi) is 3.70. The first-order chi connectivity index (χ1) is 11.0. The molecular formula is C18H16O5. The zero-order chi connectivity index (χ0) is 16.6. The molecule has 3 rings (SSSR count). The van der Waals surface area contributed by atoms with Crippen molar-refractivity contribution in [1.29, 1.82) is 0 Å². The second kappa shape index (κ2) is 5.68. The Bertz CT molecular complexity index is 820. The molecule has 0 saturated heterocycles. The molecule has 0 bridgehead atoms. The van der Waals surface area contributed by atoms with Crippen molar-refractivity contribution < 1.29 is 24.1 Å². The lowest BCUT2D eigenvalue weighted by Gasteiger charge is -2.08. The Balaban J connectivity index is 1.99. The van der Waals surface area contributed by atoms with E-state index in [0.717, 1.165) is 5.56 Å². The summed E-state index contributed by atoms with van der Waals surface area (Å²) in [6, 6.07) is 8.30. The number of carbonyl (C=O) groups excluding carboxylic acids is 1. The summed E-state index contributed by atoms with van der Waals surface area (Å²) in [5, 5.41) is 9.62. The highest BCUT2D eigenvalue weighted by Crippen LogP contribution is 2.37. The molecule has 23 heavy (non-hydrogen) atoms. The van der Waals surface area contributed by atoms with Crippen LogP contribution in [0.3, 0.4) is 0 Å². The molecule has 1 heterocycles. The minimum atomic E-state index is -0.202. The van der Waals surface area contributed by atoms with Crippen molar-refractivity contribution in [2.75, 3.05) is 14.2 Å². The summed E-state index contributed by atoms with van der Waals surface area (Å²) in [7, 11) is 3.11. The molecule has 0 unspecified atom stereocenters. The van der Waals surface area contributed by atoms with Gasteiger partial charge in [0, 0.05) is 6.07 Å². The standard InChI is InChI=1S/C18H16O5/c1-10-6-12(19)9-15-17(10)18(20)16(23-15)8-11-4-5-13(21-2)14(7-11)22-3/h4-9,19H,1-3H3/b16-8-. The van der Waals surface area contributed by atoms with Gasteiger partial charge < -0.3 is 19.3 Å². The van der Waals surface area contributed by atoms with E-state index in [1.807, 2.05) is 0 Å². The first kappa shape index (κ1) is 15.0. The highest BCUT2D eigenvalue weighted by molar-refractivity contribution is 6.15. The molecule has 2 aromatic carbocycles. The van der Waals surface area contributed by atoms with Gasteiger partial charge in [0.05, 0.1) is 19.8 Å². The first-order valence-corrected chi connectivity index (χ1v) is 7.03. The van der Waals surface area contributed by atoms with Crippen LogP contribution in [0.15, 0.2) is 36.1 Å². The number of ether oxygens (including phenoxy) is 3. The molecule has 1 aliphatic heterocycles. The topological polar surface area (TPSA) is 65.0 Å². The Morgan fingerprint density at radius 3 is 2.52 bits per heavy atom. The maximum absolute atomic E-state index is 12.5. The van der Waals surface area contributed by atoms with Gasteiger partial charge in [-0.2, -0.15) is 0 Å². The van der Waals surface area contributed by atoms with Crippen LogP contribution in [0.25, 0.3) is 6.08 Å². The summed E-state index contributed by atoms with van der Waals surface area (Å²) in [4.78, 5) is 12.5. The predicted molar refractivity (Wildman–Crippen MR) is 85.3 cm³/mol. The van der Waals surface area contributed by atoms with E-state index in [4.69, 9.17) is 14.2 Å². The second-order valence-electron chi connectivity index (χ2n) is 5.19. The molecule has 0 radical (unpaired) electrons. The van der Waals surface area contributed by atoms with Gasteiger partial charge in [-0.3, -0.25) is 4.79 Å². The third-order valence-corrected chi connectivity index (χ3v) is 3.66. The number of carbonyl (C=O) groups is 1. The van der Waals surface area contributed by atoms with E-state index in [0.29, 0.717) is 28.4 Å². The molecule has 0 aromatic heterocycles. The van der Waals surface area contributed by atoms with Crippen LogP contribution in [0, 0.1) is 6.92 Å². The van der Waals surface area contributed by atoms with Gasteiger partial charge in [-0.05, 0) is 42.3 Å². The van der Waals surface area contributed by atoms with Gasteiger partial charge in [0.25, 0.3) is 0 Å². The summed E-state index contributed by atoms with van der Waals surface area (Å²) in [6.45, 7) is 1.76. The number of rotatable bonds is 3. The zero-order valence-electron chi connectivity index (χ0n) is 13.0. The first-order valence-electron chi connectivity index (χ1n) is 7.03. The molecule has 0 aliphatic carbocycles. The summed E-state index contributed by atoms with van der Waals surface area (Å²) in [6.07, 6.45) is 1.64. The highest BCUT2D eigenvalue weighted by atomic mass is 16.5. The summed E-state index contributed by atoms with van der Waals surface area (Å²) >= 11 is 0. The lowest BCUT2D eigenvalue weighted by atomic mass is 10.0. The van der Waals surface area contributed by atoms with Gasteiger partial charge in [-0.15, -0.1) is 0 Å². The minimum Gasteiger partial charge on any atom is -0.508 e. The number of benzene rings is 2. The average Bonchev–Trinajstić information content (AvgIpc) is 2.83. The number of phenolic OH excluding ortho intramolecular Hbond substituents is 1. The van der Waals surface area contributed by atoms with Crippen LogP contribution in [0.4, 0.5) is 0 Å². The summed E-state index contributed by atoms with van der Waals surface area (Å²) in [5.41, 5.74) is 1.91. The van der Waals surface area contributed by atoms with E-state index in [1.54, 1.807) is 51.5 Å². The van der Waals surface area contributed by atoms with E-state index in [9.17, 15) is 9.90 Å². The average molecular weight is 312 g/mol. The van der Waals surface area contributed by atoms with Crippen molar-refractivity contribution in [2.45, 2.75) is 6.92 Å². The maximum Gasteiger partial charge on any atom is 0.232 e. The fourth-order valence-electron chi connectivity index (χ4n) is 2.58. The fraction of sp³-hybridized carbons (Fsp3) is 0.167. The van der Waals surface area contributed by atoms with E-state index in [1.165, 1.54) is 6.07 Å². The van der Waals surface area contributed by atoms with Crippen LogP contribution < -0.4 is 14.2 Å². The molecule has 0 spiro atoms. The number of allylic oxidation sites excluding steroid dienone is 1. The molecular weight excluding hydrogens is 296 g/mol. The van der Waals surface area contributed by atoms with E-state index >= 15 is 0 Å². The van der Waals surface area contributed by atoms with Gasteiger partial charge in [-0.25, -0.2) is 0 Å². The summed E-state index contributed by atoms with van der Waals surface area (Å²) < 4.78 is 16.0. The predicted octanol–water partition coefficient (Wildman–Crippen LogP) is 3.33. The Labute approximate surface area is 133 Å². The van der Waals surface area contributed by atoms with Crippen LogP contribution in [0.5, 0.6) is 23.0 Å². The van der Waals surface area contributed by atoms with Crippen molar-refractivity contribution in [1.82, 2.24) is 0 Å². The molecule has 2 aromatic rings. The van der Waals surface area contributed by atoms with Gasteiger partial charge in [0.1, 0.15) is 11.5 Å². The molecule has 1 aliphatic rings. The third-order valence-electron chi connectivity index (χ3n) is 3.66. The Morgan fingerprint density at radius 1 is 1.09 bits per heavy atom. The zero-order valence-corrected chi connectivity index (χ0v) is 13.0. The van der Waals surface area contributed by atoms with Crippen LogP contribution in [-0.2, 0) is 0 Å². The number of hydrogen-bond acceptors (Lipinski definition) is 5. The number of methoxy groups -OCH3 is 2. The van der Waals surface area contributed by atoms with Crippen molar-refractivity contribution >= 4 is 11.9 Å². The second-order valence-corrected chi connectivity index (χ2v) is 5.19. The molecule has 0 atom stereocenters. The molecule has 0 fully saturated rings. The van der Waals surface area contributed by atoms with Crippen LogP contribution in [-0.4, -0.2) is 25.1 Å². The number of phenols is 1. The largest absolute Gasteiger partial charge is 0.508 e. The fourth-order valence-corrected chi connectivity index (χ4v) is 2.58. The monoisotopic (exact) mass is 312 g/mol. The molecule has 0 saturated carbocycles. The normalized spacial score (nSPS) is 14.6. The Hall–Kier alpha value is -2.95. The molecule has 0 amide bonds. The number of Topliss-reactive ketones (excluding diaryl/α,β-unsaturated/α-hetero) is 1. The lowest BCUT2D eigenvalue weighted by molar-refractivity contribution is 0.101.